The molecule has 0 spiro atoms. The molecule has 0 bridgehead atoms. The molecule has 2 unspecified atom stereocenters. The third kappa shape index (κ3) is 4.90. The van der Waals surface area contributed by atoms with Crippen LogP contribution in [-0.4, -0.2) is 18.3 Å². The summed E-state index contributed by atoms with van der Waals surface area (Å²) in [6.45, 7) is 7.50. The Hall–Kier alpha value is -1.78. The monoisotopic (exact) mass is 303 g/mol. The quantitative estimate of drug-likeness (QED) is 0.781. The van der Waals surface area contributed by atoms with Crippen LogP contribution in [0.2, 0.25) is 0 Å². The Kier molecular flexibility index (Phi) is 6.04. The first-order valence-corrected chi connectivity index (χ1v) is 7.74. The third-order valence-electron chi connectivity index (χ3n) is 3.45. The van der Waals surface area contributed by atoms with E-state index in [0.29, 0.717) is 18.2 Å². The molecular formula is C18H25NO3. The van der Waals surface area contributed by atoms with Gasteiger partial charge in [-0.1, -0.05) is 26.0 Å². The summed E-state index contributed by atoms with van der Waals surface area (Å²) in [5.41, 5.74) is 1.16. The van der Waals surface area contributed by atoms with Gasteiger partial charge in [-0.3, -0.25) is 0 Å². The lowest BCUT2D eigenvalue weighted by Gasteiger charge is -2.17. The third-order valence-corrected chi connectivity index (χ3v) is 3.45. The standard InChI is InChI=1S/C18H25NO3/c1-13(2)12-22-16-8-6-15(7-9-16)14(3)19-11-17(20)18-5-4-10-21-18/h4-10,13-14,17,19-20H,11-12H2,1-3H3. The number of aliphatic hydroxyl groups excluding tert-OH is 1. The van der Waals surface area contributed by atoms with Crippen LogP contribution in [0.4, 0.5) is 0 Å². The van der Waals surface area contributed by atoms with E-state index < -0.39 is 6.10 Å². The molecule has 0 aliphatic heterocycles. The fraction of sp³-hybridized carbons (Fsp3) is 0.444. The molecule has 0 amide bonds. The van der Waals surface area contributed by atoms with Crippen LogP contribution in [-0.2, 0) is 0 Å². The first-order chi connectivity index (χ1) is 10.6. The molecule has 22 heavy (non-hydrogen) atoms. The number of hydrogen-bond acceptors (Lipinski definition) is 4. The van der Waals surface area contributed by atoms with Crippen LogP contribution in [0.25, 0.3) is 0 Å². The Morgan fingerprint density at radius 2 is 1.86 bits per heavy atom. The van der Waals surface area contributed by atoms with Gasteiger partial charge in [0.1, 0.15) is 17.6 Å². The summed E-state index contributed by atoms with van der Waals surface area (Å²) in [4.78, 5) is 0. The minimum atomic E-state index is -0.633. The zero-order valence-corrected chi connectivity index (χ0v) is 13.5. The topological polar surface area (TPSA) is 54.6 Å². The lowest BCUT2D eigenvalue weighted by molar-refractivity contribution is 0.144. The van der Waals surface area contributed by atoms with Gasteiger partial charge >= 0.3 is 0 Å². The molecule has 0 fully saturated rings. The fourth-order valence-corrected chi connectivity index (χ4v) is 2.10. The highest BCUT2D eigenvalue weighted by atomic mass is 16.5. The summed E-state index contributed by atoms with van der Waals surface area (Å²) in [5, 5.41) is 13.3. The van der Waals surface area contributed by atoms with Gasteiger partial charge in [-0.25, -0.2) is 0 Å². The average Bonchev–Trinajstić information content (AvgIpc) is 3.05. The molecule has 1 heterocycles. The molecule has 2 N–H and O–H groups in total. The Bertz CT molecular complexity index is 534. The number of furan rings is 1. The van der Waals surface area contributed by atoms with Gasteiger partial charge in [0.05, 0.1) is 12.9 Å². The molecule has 0 radical (unpaired) electrons. The Morgan fingerprint density at radius 3 is 2.45 bits per heavy atom. The maximum Gasteiger partial charge on any atom is 0.133 e. The van der Waals surface area contributed by atoms with E-state index in [1.54, 1.807) is 18.4 Å². The SMILES string of the molecule is CC(C)COc1ccc(C(C)NCC(O)c2ccco2)cc1. The molecule has 2 rings (SSSR count). The summed E-state index contributed by atoms with van der Waals surface area (Å²) < 4.78 is 10.9. The second-order valence-electron chi connectivity index (χ2n) is 5.94. The largest absolute Gasteiger partial charge is 0.493 e. The minimum absolute atomic E-state index is 0.142. The highest BCUT2D eigenvalue weighted by Crippen LogP contribution is 2.19. The molecule has 120 valence electrons. The molecule has 2 aromatic rings. The van der Waals surface area contributed by atoms with Crippen molar-refractivity contribution in [1.29, 1.82) is 0 Å². The highest BCUT2D eigenvalue weighted by Gasteiger charge is 2.12. The summed E-state index contributed by atoms with van der Waals surface area (Å²) in [5.74, 6) is 1.99. The summed E-state index contributed by atoms with van der Waals surface area (Å²) in [6.07, 6.45) is 0.934. The van der Waals surface area contributed by atoms with Crippen LogP contribution >= 0.6 is 0 Å². The molecule has 1 aromatic carbocycles. The number of benzene rings is 1. The molecule has 1 aromatic heterocycles. The van der Waals surface area contributed by atoms with Crippen LogP contribution < -0.4 is 10.1 Å². The van der Waals surface area contributed by atoms with Crippen molar-refractivity contribution in [3.05, 3.63) is 54.0 Å². The zero-order valence-electron chi connectivity index (χ0n) is 13.5. The summed E-state index contributed by atoms with van der Waals surface area (Å²) >= 11 is 0. The average molecular weight is 303 g/mol. The molecule has 0 aliphatic rings. The van der Waals surface area contributed by atoms with Crippen LogP contribution in [0.5, 0.6) is 5.75 Å². The van der Waals surface area contributed by atoms with E-state index in [-0.39, 0.29) is 6.04 Å². The maximum absolute atomic E-state index is 9.99. The maximum atomic E-state index is 9.99. The summed E-state index contributed by atoms with van der Waals surface area (Å²) in [7, 11) is 0. The number of nitrogens with one attached hydrogen (secondary N) is 1. The number of rotatable bonds is 8. The predicted molar refractivity (Wildman–Crippen MR) is 86.9 cm³/mol. The number of hydrogen-bond donors (Lipinski definition) is 2. The van der Waals surface area contributed by atoms with Crippen molar-refractivity contribution in [2.24, 2.45) is 5.92 Å². The van der Waals surface area contributed by atoms with E-state index in [0.717, 1.165) is 17.9 Å². The van der Waals surface area contributed by atoms with Gasteiger partial charge in [-0.05, 0) is 42.7 Å². The van der Waals surface area contributed by atoms with E-state index in [1.165, 1.54) is 0 Å². The minimum Gasteiger partial charge on any atom is -0.493 e. The molecule has 4 heteroatoms. The van der Waals surface area contributed by atoms with E-state index in [9.17, 15) is 5.11 Å². The van der Waals surface area contributed by atoms with Crippen molar-refractivity contribution < 1.29 is 14.3 Å². The van der Waals surface area contributed by atoms with Crippen molar-refractivity contribution in [2.75, 3.05) is 13.2 Å². The van der Waals surface area contributed by atoms with Gasteiger partial charge in [0.25, 0.3) is 0 Å². The number of ether oxygens (including phenoxy) is 1. The lowest BCUT2D eigenvalue weighted by Crippen LogP contribution is -2.24. The molecule has 0 saturated heterocycles. The van der Waals surface area contributed by atoms with Gasteiger partial charge in [-0.15, -0.1) is 0 Å². The lowest BCUT2D eigenvalue weighted by atomic mass is 10.1. The van der Waals surface area contributed by atoms with E-state index in [2.05, 4.69) is 26.1 Å². The van der Waals surface area contributed by atoms with Gasteiger partial charge in [0, 0.05) is 12.6 Å². The van der Waals surface area contributed by atoms with E-state index in [4.69, 9.17) is 9.15 Å². The predicted octanol–water partition coefficient (Wildman–Crippen LogP) is 3.70. The van der Waals surface area contributed by atoms with Gasteiger partial charge in [-0.2, -0.15) is 0 Å². The molecule has 0 saturated carbocycles. The Morgan fingerprint density at radius 1 is 1.14 bits per heavy atom. The van der Waals surface area contributed by atoms with Crippen molar-refractivity contribution in [2.45, 2.75) is 32.9 Å². The normalized spacial score (nSPS) is 14.0. The van der Waals surface area contributed by atoms with Crippen molar-refractivity contribution in [3.8, 4) is 5.75 Å². The Balaban J connectivity index is 1.83. The molecule has 0 aliphatic carbocycles. The first-order valence-electron chi connectivity index (χ1n) is 7.74. The van der Waals surface area contributed by atoms with Crippen LogP contribution in [0, 0.1) is 5.92 Å². The Labute approximate surface area is 132 Å². The summed E-state index contributed by atoms with van der Waals surface area (Å²) in [6, 6.07) is 11.8. The fourth-order valence-electron chi connectivity index (χ4n) is 2.10. The molecule has 2 atom stereocenters. The molecular weight excluding hydrogens is 278 g/mol. The van der Waals surface area contributed by atoms with Crippen molar-refractivity contribution >= 4 is 0 Å². The second-order valence-corrected chi connectivity index (χ2v) is 5.94. The van der Waals surface area contributed by atoms with Crippen LogP contribution in [0.3, 0.4) is 0 Å². The zero-order chi connectivity index (χ0) is 15.9. The van der Waals surface area contributed by atoms with Gasteiger partial charge < -0.3 is 19.6 Å². The first kappa shape index (κ1) is 16.6. The van der Waals surface area contributed by atoms with Gasteiger partial charge in [0.15, 0.2) is 0 Å². The number of aliphatic hydroxyl groups is 1. The highest BCUT2D eigenvalue weighted by molar-refractivity contribution is 5.29. The van der Waals surface area contributed by atoms with E-state index >= 15 is 0 Å². The van der Waals surface area contributed by atoms with Crippen molar-refractivity contribution in [1.82, 2.24) is 5.32 Å². The van der Waals surface area contributed by atoms with Crippen LogP contribution in [0.1, 0.15) is 44.2 Å². The molecule has 4 nitrogen and oxygen atoms in total. The van der Waals surface area contributed by atoms with E-state index in [1.807, 2.05) is 24.3 Å². The smallest absolute Gasteiger partial charge is 0.133 e. The van der Waals surface area contributed by atoms with Gasteiger partial charge in [0.2, 0.25) is 0 Å². The van der Waals surface area contributed by atoms with Crippen molar-refractivity contribution in [3.63, 3.8) is 0 Å². The second kappa shape index (κ2) is 8.01. The van der Waals surface area contributed by atoms with Crippen LogP contribution in [0.15, 0.2) is 47.1 Å².